The van der Waals surface area contributed by atoms with Crippen LogP contribution in [0, 0.1) is 10.1 Å². The molecule has 118 valence electrons. The Bertz CT molecular complexity index is 729. The number of nitrogens with two attached hydrogens (primary N) is 1. The summed E-state index contributed by atoms with van der Waals surface area (Å²) in [6.07, 6.45) is 1.43. The molecule has 2 amide bonds. The normalized spacial score (nSPS) is 10.4. The van der Waals surface area contributed by atoms with Crippen molar-refractivity contribution in [2.45, 2.75) is 6.61 Å². The highest BCUT2D eigenvalue weighted by Crippen LogP contribution is 2.16. The fourth-order valence-electron chi connectivity index (χ4n) is 1.74. The van der Waals surface area contributed by atoms with Gasteiger partial charge < -0.3 is 10.5 Å². The first-order chi connectivity index (χ1) is 11.0. The number of primary amides is 1. The van der Waals surface area contributed by atoms with Crippen molar-refractivity contribution in [3.8, 4) is 5.75 Å². The number of non-ortho nitro benzene ring substituents is 1. The van der Waals surface area contributed by atoms with Crippen LogP contribution in [-0.2, 0) is 6.61 Å². The van der Waals surface area contributed by atoms with Crippen molar-refractivity contribution in [3.05, 3.63) is 69.8 Å². The van der Waals surface area contributed by atoms with Gasteiger partial charge in [0.1, 0.15) is 12.4 Å². The molecule has 0 radical (unpaired) electrons. The van der Waals surface area contributed by atoms with Crippen LogP contribution in [0.1, 0.15) is 11.1 Å². The molecule has 0 spiro atoms. The maximum Gasteiger partial charge on any atom is 0.332 e. The first-order valence-corrected chi connectivity index (χ1v) is 6.59. The summed E-state index contributed by atoms with van der Waals surface area (Å²) in [5, 5.41) is 14.2. The predicted molar refractivity (Wildman–Crippen MR) is 84.2 cm³/mol. The van der Waals surface area contributed by atoms with Crippen LogP contribution in [0.25, 0.3) is 0 Å². The number of nitrogens with one attached hydrogen (secondary N) is 1. The summed E-state index contributed by atoms with van der Waals surface area (Å²) >= 11 is 0. The van der Waals surface area contributed by atoms with Crippen LogP contribution in [0.3, 0.4) is 0 Å². The number of urea groups is 1. The number of ether oxygens (including phenoxy) is 1. The molecule has 2 aromatic carbocycles. The lowest BCUT2D eigenvalue weighted by molar-refractivity contribution is -0.384. The van der Waals surface area contributed by atoms with E-state index in [1.54, 1.807) is 36.4 Å². The number of benzene rings is 2. The molecule has 8 heteroatoms. The van der Waals surface area contributed by atoms with E-state index in [-0.39, 0.29) is 12.3 Å². The molecule has 0 atom stereocenters. The van der Waals surface area contributed by atoms with Crippen LogP contribution < -0.4 is 15.9 Å². The molecule has 0 heterocycles. The minimum Gasteiger partial charge on any atom is -0.489 e. The van der Waals surface area contributed by atoms with Gasteiger partial charge in [-0.3, -0.25) is 10.1 Å². The fraction of sp³-hybridized carbons (Fsp3) is 0.0667. The number of hydrogen-bond acceptors (Lipinski definition) is 5. The largest absolute Gasteiger partial charge is 0.489 e. The van der Waals surface area contributed by atoms with Crippen molar-refractivity contribution < 1.29 is 14.5 Å². The zero-order chi connectivity index (χ0) is 16.7. The quantitative estimate of drug-likeness (QED) is 0.482. The number of hydrogen-bond donors (Lipinski definition) is 2. The molecule has 0 aliphatic heterocycles. The Labute approximate surface area is 131 Å². The van der Waals surface area contributed by atoms with Crippen molar-refractivity contribution in [3.63, 3.8) is 0 Å². The van der Waals surface area contributed by atoms with Crippen molar-refractivity contribution in [1.82, 2.24) is 5.43 Å². The van der Waals surface area contributed by atoms with E-state index in [9.17, 15) is 14.9 Å². The number of rotatable bonds is 6. The van der Waals surface area contributed by atoms with E-state index >= 15 is 0 Å². The van der Waals surface area contributed by atoms with Crippen LogP contribution in [0.4, 0.5) is 10.5 Å². The van der Waals surface area contributed by atoms with Crippen molar-refractivity contribution in [2.24, 2.45) is 10.8 Å². The van der Waals surface area contributed by atoms with Gasteiger partial charge in [-0.15, -0.1) is 0 Å². The Kier molecular flexibility index (Phi) is 5.24. The van der Waals surface area contributed by atoms with E-state index in [1.165, 1.54) is 18.3 Å². The highest BCUT2D eigenvalue weighted by molar-refractivity contribution is 5.81. The number of carbonyl (C=O) groups excluding carboxylic acids is 1. The Morgan fingerprint density at radius 2 is 2.04 bits per heavy atom. The number of amides is 2. The minimum absolute atomic E-state index is 0.0360. The molecule has 8 nitrogen and oxygen atoms in total. The van der Waals surface area contributed by atoms with Gasteiger partial charge in [-0.1, -0.05) is 12.1 Å². The maximum atomic E-state index is 10.6. The van der Waals surface area contributed by atoms with Gasteiger partial charge in [0.05, 0.1) is 11.1 Å². The van der Waals surface area contributed by atoms with Gasteiger partial charge in [0, 0.05) is 12.1 Å². The first kappa shape index (κ1) is 16.0. The first-order valence-electron chi connectivity index (χ1n) is 6.59. The number of nitro groups is 1. The van der Waals surface area contributed by atoms with Gasteiger partial charge in [-0.05, 0) is 35.4 Å². The predicted octanol–water partition coefficient (Wildman–Crippen LogP) is 2.18. The molecule has 0 aromatic heterocycles. The monoisotopic (exact) mass is 314 g/mol. The lowest BCUT2D eigenvalue weighted by atomic mass is 10.2. The van der Waals surface area contributed by atoms with Gasteiger partial charge in [0.15, 0.2) is 0 Å². The van der Waals surface area contributed by atoms with Gasteiger partial charge in [0.2, 0.25) is 0 Å². The second-order valence-electron chi connectivity index (χ2n) is 4.52. The average molecular weight is 314 g/mol. The molecule has 2 rings (SSSR count). The number of nitrogens with zero attached hydrogens (tertiary/aromatic N) is 2. The third-order valence-corrected chi connectivity index (χ3v) is 2.80. The third-order valence-electron chi connectivity index (χ3n) is 2.80. The maximum absolute atomic E-state index is 10.6. The van der Waals surface area contributed by atoms with Gasteiger partial charge in [-0.25, -0.2) is 10.2 Å². The second kappa shape index (κ2) is 7.55. The summed E-state index contributed by atoms with van der Waals surface area (Å²) in [7, 11) is 0. The number of nitro benzene ring substituents is 1. The lowest BCUT2D eigenvalue weighted by Gasteiger charge is -2.06. The van der Waals surface area contributed by atoms with Crippen molar-refractivity contribution >= 4 is 17.9 Å². The Balaban J connectivity index is 1.96. The molecule has 0 fully saturated rings. The summed E-state index contributed by atoms with van der Waals surface area (Å²) in [6.45, 7) is 0.276. The molecule has 3 N–H and O–H groups in total. The highest BCUT2D eigenvalue weighted by atomic mass is 16.6. The molecule has 0 aliphatic rings. The molecule has 0 saturated carbocycles. The van der Waals surface area contributed by atoms with Crippen LogP contribution >= 0.6 is 0 Å². The summed E-state index contributed by atoms with van der Waals surface area (Å²) in [5.41, 5.74) is 8.56. The molecule has 2 aromatic rings. The molecule has 0 aliphatic carbocycles. The molecule has 0 saturated heterocycles. The molecular weight excluding hydrogens is 300 g/mol. The fourth-order valence-corrected chi connectivity index (χ4v) is 1.74. The summed E-state index contributed by atoms with van der Waals surface area (Å²) in [6, 6.07) is 12.4. The van der Waals surface area contributed by atoms with Crippen molar-refractivity contribution in [1.29, 1.82) is 0 Å². The zero-order valence-corrected chi connectivity index (χ0v) is 12.0. The van der Waals surface area contributed by atoms with E-state index in [0.717, 1.165) is 11.1 Å². The Morgan fingerprint density at radius 3 is 2.70 bits per heavy atom. The van der Waals surface area contributed by atoms with E-state index in [2.05, 4.69) is 10.5 Å². The lowest BCUT2D eigenvalue weighted by Crippen LogP contribution is -2.24. The van der Waals surface area contributed by atoms with Crippen LogP contribution in [-0.4, -0.2) is 17.2 Å². The number of carbonyl (C=O) groups is 1. The standard InChI is InChI=1S/C15H14N4O4/c16-15(20)18-17-9-12-2-1-3-14(8-12)23-10-11-4-6-13(7-5-11)19(21)22/h1-9H,10H2,(H3,16,18,20)/b17-9-. The molecular formula is C15H14N4O4. The van der Waals surface area contributed by atoms with Crippen LogP contribution in [0.15, 0.2) is 53.6 Å². The average Bonchev–Trinajstić information content (AvgIpc) is 2.53. The molecule has 0 unspecified atom stereocenters. The smallest absolute Gasteiger partial charge is 0.332 e. The third kappa shape index (κ3) is 5.12. The Morgan fingerprint density at radius 1 is 1.30 bits per heavy atom. The van der Waals surface area contributed by atoms with Gasteiger partial charge in [-0.2, -0.15) is 5.10 Å². The van der Waals surface area contributed by atoms with Gasteiger partial charge in [0.25, 0.3) is 5.69 Å². The summed E-state index contributed by atoms with van der Waals surface area (Å²) in [5.74, 6) is 0.603. The summed E-state index contributed by atoms with van der Waals surface area (Å²) < 4.78 is 5.62. The van der Waals surface area contributed by atoms with Gasteiger partial charge >= 0.3 is 6.03 Å². The summed E-state index contributed by atoms with van der Waals surface area (Å²) in [4.78, 5) is 20.6. The zero-order valence-electron chi connectivity index (χ0n) is 12.0. The SMILES string of the molecule is NC(=O)N/N=C\c1cccc(OCc2ccc([N+](=O)[O-])cc2)c1. The van der Waals surface area contributed by atoms with E-state index in [4.69, 9.17) is 10.5 Å². The second-order valence-corrected chi connectivity index (χ2v) is 4.52. The molecule has 0 bridgehead atoms. The van der Waals surface area contributed by atoms with Crippen LogP contribution in [0.5, 0.6) is 5.75 Å². The Hall–Kier alpha value is -3.42. The van der Waals surface area contributed by atoms with E-state index in [1.807, 2.05) is 0 Å². The minimum atomic E-state index is -0.744. The van der Waals surface area contributed by atoms with Crippen molar-refractivity contribution in [2.75, 3.05) is 0 Å². The highest BCUT2D eigenvalue weighted by Gasteiger charge is 2.04. The number of hydrazone groups is 1. The topological polar surface area (TPSA) is 120 Å². The molecule has 23 heavy (non-hydrogen) atoms. The van der Waals surface area contributed by atoms with E-state index < -0.39 is 11.0 Å². The van der Waals surface area contributed by atoms with E-state index in [0.29, 0.717) is 5.75 Å². The van der Waals surface area contributed by atoms with Crippen LogP contribution in [0.2, 0.25) is 0 Å².